The highest BCUT2D eigenvalue weighted by molar-refractivity contribution is 9.24. The molecule has 68 valence electrons. The quantitative estimate of drug-likeness (QED) is 0.625. The SMILES string of the molecule is O=C1CN(CCC(Br)Br)C(=O)N1. The molecule has 1 saturated heterocycles. The van der Waals surface area contributed by atoms with Crippen molar-refractivity contribution in [3.63, 3.8) is 0 Å². The van der Waals surface area contributed by atoms with E-state index < -0.39 is 0 Å². The standard InChI is InChI=1S/C6H8Br2N2O2/c7-4(8)1-2-10-3-5(11)9-6(10)12/h4H,1-3H2,(H,9,11,12). The Morgan fingerprint density at radius 3 is 2.58 bits per heavy atom. The van der Waals surface area contributed by atoms with Gasteiger partial charge in [-0.1, -0.05) is 31.9 Å². The first kappa shape index (κ1) is 9.98. The van der Waals surface area contributed by atoms with E-state index in [1.807, 2.05) is 0 Å². The van der Waals surface area contributed by atoms with Crippen molar-refractivity contribution in [3.8, 4) is 0 Å². The first-order valence-corrected chi connectivity index (χ1v) is 5.29. The molecule has 4 nitrogen and oxygen atoms in total. The van der Waals surface area contributed by atoms with Gasteiger partial charge in [-0.25, -0.2) is 4.79 Å². The summed E-state index contributed by atoms with van der Waals surface area (Å²) < 4.78 is 0.188. The lowest BCUT2D eigenvalue weighted by Crippen LogP contribution is -2.29. The fraction of sp³-hybridized carbons (Fsp3) is 0.667. The highest BCUT2D eigenvalue weighted by Gasteiger charge is 2.26. The van der Waals surface area contributed by atoms with Crippen molar-refractivity contribution < 1.29 is 9.59 Å². The van der Waals surface area contributed by atoms with Crippen molar-refractivity contribution in [1.82, 2.24) is 10.2 Å². The van der Waals surface area contributed by atoms with E-state index in [1.54, 1.807) is 0 Å². The normalized spacial score (nSPS) is 17.4. The predicted molar refractivity (Wildman–Crippen MR) is 51.4 cm³/mol. The Kier molecular flexibility index (Phi) is 3.52. The van der Waals surface area contributed by atoms with Gasteiger partial charge in [0.1, 0.15) is 6.54 Å². The van der Waals surface area contributed by atoms with Gasteiger partial charge in [-0.3, -0.25) is 10.1 Å². The molecule has 1 heterocycles. The minimum atomic E-state index is -0.291. The van der Waals surface area contributed by atoms with Crippen molar-refractivity contribution in [3.05, 3.63) is 0 Å². The summed E-state index contributed by atoms with van der Waals surface area (Å²) in [6.45, 7) is 0.768. The number of carbonyl (C=O) groups is 2. The lowest BCUT2D eigenvalue weighted by atomic mass is 10.4. The average Bonchev–Trinajstić information content (AvgIpc) is 2.26. The summed E-state index contributed by atoms with van der Waals surface area (Å²) in [4.78, 5) is 23.2. The van der Waals surface area contributed by atoms with Gasteiger partial charge in [0.15, 0.2) is 0 Å². The summed E-state index contributed by atoms with van der Waals surface area (Å²) in [5, 5.41) is 2.21. The third kappa shape index (κ3) is 2.75. The van der Waals surface area contributed by atoms with E-state index >= 15 is 0 Å². The number of alkyl halides is 2. The number of carbonyl (C=O) groups excluding carboxylic acids is 2. The van der Waals surface area contributed by atoms with E-state index in [0.717, 1.165) is 6.42 Å². The van der Waals surface area contributed by atoms with Crippen LogP contribution < -0.4 is 5.32 Å². The van der Waals surface area contributed by atoms with E-state index in [4.69, 9.17) is 0 Å². The molecular weight excluding hydrogens is 292 g/mol. The number of halogens is 2. The molecule has 1 aliphatic rings. The number of hydrogen-bond donors (Lipinski definition) is 1. The summed E-state index contributed by atoms with van der Waals surface area (Å²) in [6.07, 6.45) is 0.778. The van der Waals surface area contributed by atoms with Gasteiger partial charge in [-0.05, 0) is 6.42 Å². The molecule has 0 aromatic rings. The zero-order valence-corrected chi connectivity index (χ0v) is 9.39. The van der Waals surface area contributed by atoms with Gasteiger partial charge in [0.25, 0.3) is 0 Å². The number of amides is 3. The molecule has 6 heteroatoms. The molecule has 0 radical (unpaired) electrons. The maximum Gasteiger partial charge on any atom is 0.324 e. The van der Waals surface area contributed by atoms with Crippen LogP contribution >= 0.6 is 31.9 Å². The van der Waals surface area contributed by atoms with Gasteiger partial charge in [0.05, 0.1) is 3.74 Å². The monoisotopic (exact) mass is 298 g/mol. The van der Waals surface area contributed by atoms with Crippen LogP contribution in [0.5, 0.6) is 0 Å². The number of imide groups is 1. The van der Waals surface area contributed by atoms with Crippen molar-refractivity contribution in [2.45, 2.75) is 10.2 Å². The van der Waals surface area contributed by atoms with Crippen LogP contribution in [0.4, 0.5) is 4.79 Å². The molecule has 0 aliphatic carbocycles. The molecular formula is C6H8Br2N2O2. The maximum atomic E-state index is 11.0. The van der Waals surface area contributed by atoms with Crippen molar-refractivity contribution in [2.24, 2.45) is 0 Å². The highest BCUT2D eigenvalue weighted by atomic mass is 79.9. The molecule has 1 fully saturated rings. The van der Waals surface area contributed by atoms with Gasteiger partial charge in [-0.2, -0.15) is 0 Å². The molecule has 0 aromatic carbocycles. The second-order valence-electron chi connectivity index (χ2n) is 2.45. The Balaban J connectivity index is 2.33. The van der Waals surface area contributed by atoms with Crippen LogP contribution in [0.2, 0.25) is 0 Å². The van der Waals surface area contributed by atoms with Crippen LogP contribution in [0.15, 0.2) is 0 Å². The predicted octanol–water partition coefficient (Wildman–Crippen LogP) is 1.04. The Labute approximate surface area is 86.9 Å². The molecule has 12 heavy (non-hydrogen) atoms. The third-order valence-corrected chi connectivity index (χ3v) is 2.40. The van der Waals surface area contributed by atoms with Crippen LogP contribution in [0.25, 0.3) is 0 Å². The fourth-order valence-corrected chi connectivity index (χ4v) is 1.33. The van der Waals surface area contributed by atoms with Gasteiger partial charge >= 0.3 is 6.03 Å². The molecule has 0 unspecified atom stereocenters. The van der Waals surface area contributed by atoms with E-state index in [-0.39, 0.29) is 22.2 Å². The third-order valence-electron chi connectivity index (χ3n) is 1.49. The summed E-state index contributed by atoms with van der Waals surface area (Å²) in [7, 11) is 0. The highest BCUT2D eigenvalue weighted by Crippen LogP contribution is 2.13. The Bertz CT molecular complexity index is 208. The number of rotatable bonds is 3. The van der Waals surface area contributed by atoms with Gasteiger partial charge in [0.2, 0.25) is 5.91 Å². The molecule has 0 atom stereocenters. The Morgan fingerprint density at radius 1 is 1.50 bits per heavy atom. The van der Waals surface area contributed by atoms with Crippen LogP contribution in [0.3, 0.4) is 0 Å². The second-order valence-corrected chi connectivity index (χ2v) is 5.89. The molecule has 0 spiro atoms. The Morgan fingerprint density at radius 2 is 2.17 bits per heavy atom. The summed E-state index contributed by atoms with van der Waals surface area (Å²) in [5.74, 6) is -0.222. The molecule has 0 bridgehead atoms. The van der Waals surface area contributed by atoms with Crippen molar-refractivity contribution in [2.75, 3.05) is 13.1 Å². The fourth-order valence-electron chi connectivity index (χ4n) is 0.917. The maximum absolute atomic E-state index is 11.0. The number of nitrogens with one attached hydrogen (secondary N) is 1. The molecule has 1 rings (SSSR count). The van der Waals surface area contributed by atoms with Crippen molar-refractivity contribution in [1.29, 1.82) is 0 Å². The topological polar surface area (TPSA) is 49.4 Å². The van der Waals surface area contributed by atoms with E-state index in [1.165, 1.54) is 4.90 Å². The van der Waals surface area contributed by atoms with Crippen LogP contribution in [-0.4, -0.2) is 33.7 Å². The Hall–Kier alpha value is -0.100. The minimum Gasteiger partial charge on any atom is -0.315 e. The minimum absolute atomic E-state index is 0.186. The molecule has 0 aromatic heterocycles. The molecule has 3 amide bonds. The summed E-state index contributed by atoms with van der Waals surface area (Å²) in [6, 6.07) is -0.291. The number of nitrogens with zero attached hydrogens (tertiary/aromatic N) is 1. The largest absolute Gasteiger partial charge is 0.324 e. The number of urea groups is 1. The van der Waals surface area contributed by atoms with E-state index in [0.29, 0.717) is 6.54 Å². The zero-order valence-electron chi connectivity index (χ0n) is 6.22. The van der Waals surface area contributed by atoms with Crippen molar-refractivity contribution >= 4 is 43.8 Å². The average molecular weight is 300 g/mol. The molecule has 0 saturated carbocycles. The first-order valence-electron chi connectivity index (χ1n) is 3.46. The molecule has 1 N–H and O–H groups in total. The molecule has 1 aliphatic heterocycles. The smallest absolute Gasteiger partial charge is 0.315 e. The van der Waals surface area contributed by atoms with E-state index in [9.17, 15) is 9.59 Å². The van der Waals surface area contributed by atoms with E-state index in [2.05, 4.69) is 37.2 Å². The van der Waals surface area contributed by atoms with Crippen LogP contribution in [-0.2, 0) is 4.79 Å². The van der Waals surface area contributed by atoms with Gasteiger partial charge in [0, 0.05) is 6.54 Å². The first-order chi connectivity index (χ1) is 5.59. The summed E-state index contributed by atoms with van der Waals surface area (Å²) in [5.41, 5.74) is 0. The second kappa shape index (κ2) is 4.23. The zero-order chi connectivity index (χ0) is 9.14. The summed E-state index contributed by atoms with van der Waals surface area (Å²) >= 11 is 6.58. The van der Waals surface area contributed by atoms with Gasteiger partial charge in [-0.15, -0.1) is 0 Å². The number of hydrogen-bond acceptors (Lipinski definition) is 2. The van der Waals surface area contributed by atoms with Crippen LogP contribution in [0.1, 0.15) is 6.42 Å². The van der Waals surface area contributed by atoms with Crippen LogP contribution in [0, 0.1) is 0 Å². The van der Waals surface area contributed by atoms with Gasteiger partial charge < -0.3 is 4.90 Å². The lowest BCUT2D eigenvalue weighted by Gasteiger charge is -2.12. The lowest BCUT2D eigenvalue weighted by molar-refractivity contribution is -0.118.